The van der Waals surface area contributed by atoms with E-state index in [2.05, 4.69) is 15.0 Å². The Morgan fingerprint density at radius 2 is 2.36 bits per heavy atom. The highest BCUT2D eigenvalue weighted by molar-refractivity contribution is 5.98. The topological polar surface area (TPSA) is 58.6 Å². The van der Waals surface area contributed by atoms with Gasteiger partial charge < -0.3 is 4.98 Å². The standard InChI is InChI=1S/C10H11N3O/c1-3-9(14)8-4-7-5-11-6(2)12-10(7)13-8/h4-5H,3H2,1-2H3,(H,11,12,13). The average Bonchev–Trinajstić information content (AvgIpc) is 2.59. The van der Waals surface area contributed by atoms with E-state index < -0.39 is 0 Å². The molecule has 14 heavy (non-hydrogen) atoms. The van der Waals surface area contributed by atoms with Crippen molar-refractivity contribution in [2.24, 2.45) is 0 Å². The van der Waals surface area contributed by atoms with Gasteiger partial charge in [0.05, 0.1) is 5.69 Å². The molecule has 0 aliphatic rings. The second-order valence-electron chi connectivity index (χ2n) is 3.18. The number of fused-ring (bicyclic) bond motifs is 1. The number of Topliss-reactive ketones (excluding diaryl/α,β-unsaturated/α-hetero) is 1. The summed E-state index contributed by atoms with van der Waals surface area (Å²) in [6.07, 6.45) is 2.22. The minimum atomic E-state index is 0.0978. The first-order valence-corrected chi connectivity index (χ1v) is 4.56. The Labute approximate surface area is 81.4 Å². The molecule has 0 saturated heterocycles. The fourth-order valence-corrected chi connectivity index (χ4v) is 1.34. The summed E-state index contributed by atoms with van der Waals surface area (Å²) in [5.74, 6) is 0.801. The molecule has 72 valence electrons. The highest BCUT2D eigenvalue weighted by Crippen LogP contribution is 2.13. The van der Waals surface area contributed by atoms with Crippen molar-refractivity contribution in [3.8, 4) is 0 Å². The van der Waals surface area contributed by atoms with Gasteiger partial charge in [-0.25, -0.2) is 9.97 Å². The molecule has 4 nitrogen and oxygen atoms in total. The van der Waals surface area contributed by atoms with Crippen LogP contribution in [0.15, 0.2) is 12.3 Å². The molecule has 1 N–H and O–H groups in total. The summed E-state index contributed by atoms with van der Waals surface area (Å²) < 4.78 is 0. The van der Waals surface area contributed by atoms with Crippen molar-refractivity contribution in [2.75, 3.05) is 0 Å². The van der Waals surface area contributed by atoms with Crippen LogP contribution in [-0.2, 0) is 0 Å². The van der Waals surface area contributed by atoms with E-state index in [1.807, 2.05) is 13.8 Å². The number of ketones is 1. The molecule has 2 heterocycles. The van der Waals surface area contributed by atoms with E-state index in [0.717, 1.165) is 11.0 Å². The Morgan fingerprint density at radius 1 is 1.57 bits per heavy atom. The smallest absolute Gasteiger partial charge is 0.178 e. The molecule has 0 bridgehead atoms. The van der Waals surface area contributed by atoms with E-state index in [-0.39, 0.29) is 5.78 Å². The van der Waals surface area contributed by atoms with Gasteiger partial charge in [0, 0.05) is 18.0 Å². The van der Waals surface area contributed by atoms with Crippen LogP contribution >= 0.6 is 0 Å². The van der Waals surface area contributed by atoms with Gasteiger partial charge in [0.15, 0.2) is 5.78 Å². The first-order chi connectivity index (χ1) is 6.70. The van der Waals surface area contributed by atoms with E-state index >= 15 is 0 Å². The molecule has 0 fully saturated rings. The van der Waals surface area contributed by atoms with Crippen molar-refractivity contribution >= 4 is 16.8 Å². The van der Waals surface area contributed by atoms with Crippen LogP contribution in [0.4, 0.5) is 0 Å². The lowest BCUT2D eigenvalue weighted by atomic mass is 10.2. The second kappa shape index (κ2) is 3.21. The minimum absolute atomic E-state index is 0.0978. The summed E-state index contributed by atoms with van der Waals surface area (Å²) in [6.45, 7) is 3.66. The van der Waals surface area contributed by atoms with Crippen LogP contribution in [0.5, 0.6) is 0 Å². The summed E-state index contributed by atoms with van der Waals surface area (Å²) in [4.78, 5) is 22.6. The van der Waals surface area contributed by atoms with Crippen LogP contribution < -0.4 is 0 Å². The quantitative estimate of drug-likeness (QED) is 0.733. The number of hydrogen-bond acceptors (Lipinski definition) is 3. The number of carbonyl (C=O) groups is 1. The van der Waals surface area contributed by atoms with Crippen LogP contribution in [-0.4, -0.2) is 20.7 Å². The molecule has 0 amide bonds. The van der Waals surface area contributed by atoms with E-state index in [9.17, 15) is 4.79 Å². The molecule has 0 aliphatic heterocycles. The molecule has 0 radical (unpaired) electrons. The lowest BCUT2D eigenvalue weighted by Gasteiger charge is -1.90. The number of H-pyrrole nitrogens is 1. The van der Waals surface area contributed by atoms with Crippen LogP contribution in [0.25, 0.3) is 11.0 Å². The molecule has 2 rings (SSSR count). The summed E-state index contributed by atoms with van der Waals surface area (Å²) in [5.41, 5.74) is 1.34. The van der Waals surface area contributed by atoms with Gasteiger partial charge >= 0.3 is 0 Å². The third-order valence-electron chi connectivity index (χ3n) is 2.11. The van der Waals surface area contributed by atoms with E-state index in [4.69, 9.17) is 0 Å². The SMILES string of the molecule is CCC(=O)c1cc2cnc(C)nc2[nH]1. The Kier molecular flexibility index (Phi) is 2.04. The summed E-state index contributed by atoms with van der Waals surface area (Å²) in [7, 11) is 0. The third-order valence-corrected chi connectivity index (χ3v) is 2.11. The van der Waals surface area contributed by atoms with Gasteiger partial charge in [-0.1, -0.05) is 6.92 Å². The first kappa shape index (κ1) is 8.87. The van der Waals surface area contributed by atoms with Crippen LogP contribution in [0.2, 0.25) is 0 Å². The summed E-state index contributed by atoms with van der Waals surface area (Å²) in [6, 6.07) is 1.79. The van der Waals surface area contributed by atoms with Gasteiger partial charge in [-0.2, -0.15) is 0 Å². The lowest BCUT2D eigenvalue weighted by Crippen LogP contribution is -1.95. The number of nitrogens with zero attached hydrogens (tertiary/aromatic N) is 2. The maximum absolute atomic E-state index is 11.4. The highest BCUT2D eigenvalue weighted by atomic mass is 16.1. The van der Waals surface area contributed by atoms with Gasteiger partial charge in [0.1, 0.15) is 11.5 Å². The van der Waals surface area contributed by atoms with Crippen molar-refractivity contribution in [3.05, 3.63) is 23.8 Å². The molecule has 2 aromatic heterocycles. The molecule has 4 heteroatoms. The average molecular weight is 189 g/mol. The van der Waals surface area contributed by atoms with Crippen LogP contribution in [0.3, 0.4) is 0 Å². The zero-order valence-electron chi connectivity index (χ0n) is 8.16. The largest absolute Gasteiger partial charge is 0.337 e. The lowest BCUT2D eigenvalue weighted by molar-refractivity contribution is 0.0984. The van der Waals surface area contributed by atoms with Gasteiger partial charge in [-0.15, -0.1) is 0 Å². The Morgan fingerprint density at radius 3 is 3.07 bits per heavy atom. The number of hydrogen-bond donors (Lipinski definition) is 1. The normalized spacial score (nSPS) is 10.7. The van der Waals surface area contributed by atoms with E-state index in [0.29, 0.717) is 17.9 Å². The van der Waals surface area contributed by atoms with Crippen molar-refractivity contribution in [3.63, 3.8) is 0 Å². The first-order valence-electron chi connectivity index (χ1n) is 4.56. The van der Waals surface area contributed by atoms with E-state index in [1.54, 1.807) is 12.3 Å². The van der Waals surface area contributed by atoms with Crippen LogP contribution in [0.1, 0.15) is 29.7 Å². The molecular formula is C10H11N3O. The zero-order chi connectivity index (χ0) is 10.1. The monoisotopic (exact) mass is 189 g/mol. The third kappa shape index (κ3) is 1.39. The zero-order valence-corrected chi connectivity index (χ0v) is 8.16. The number of rotatable bonds is 2. The van der Waals surface area contributed by atoms with Crippen molar-refractivity contribution < 1.29 is 4.79 Å². The molecule has 0 unspecified atom stereocenters. The van der Waals surface area contributed by atoms with Gasteiger partial charge in [0.2, 0.25) is 0 Å². The van der Waals surface area contributed by atoms with Crippen LogP contribution in [0, 0.1) is 6.92 Å². The second-order valence-corrected chi connectivity index (χ2v) is 3.18. The fourth-order valence-electron chi connectivity index (χ4n) is 1.34. The van der Waals surface area contributed by atoms with Gasteiger partial charge in [0.25, 0.3) is 0 Å². The number of carbonyl (C=O) groups excluding carboxylic acids is 1. The van der Waals surface area contributed by atoms with Gasteiger partial charge in [-0.3, -0.25) is 4.79 Å². The molecule has 2 aromatic rings. The Bertz CT molecular complexity index is 487. The number of aromatic nitrogens is 3. The van der Waals surface area contributed by atoms with Crippen molar-refractivity contribution in [1.29, 1.82) is 0 Å². The molecule has 0 spiro atoms. The van der Waals surface area contributed by atoms with Crippen molar-refractivity contribution in [1.82, 2.24) is 15.0 Å². The van der Waals surface area contributed by atoms with Crippen molar-refractivity contribution in [2.45, 2.75) is 20.3 Å². The summed E-state index contributed by atoms with van der Waals surface area (Å²) in [5, 5.41) is 0.882. The van der Waals surface area contributed by atoms with E-state index in [1.165, 1.54) is 0 Å². The minimum Gasteiger partial charge on any atom is -0.337 e. The predicted octanol–water partition coefficient (Wildman–Crippen LogP) is 1.86. The number of nitrogens with one attached hydrogen (secondary N) is 1. The van der Waals surface area contributed by atoms with Gasteiger partial charge in [-0.05, 0) is 13.0 Å². The fraction of sp³-hybridized carbons (Fsp3) is 0.300. The summed E-state index contributed by atoms with van der Waals surface area (Å²) >= 11 is 0. The number of aromatic amines is 1. The maximum atomic E-state index is 11.4. The molecular weight excluding hydrogens is 178 g/mol. The maximum Gasteiger partial charge on any atom is 0.178 e. The molecule has 0 aromatic carbocycles. The molecule has 0 aliphatic carbocycles. The predicted molar refractivity (Wildman–Crippen MR) is 53.2 cm³/mol. The number of aryl methyl sites for hydroxylation is 1. The highest BCUT2D eigenvalue weighted by Gasteiger charge is 2.07. The Hall–Kier alpha value is -1.71. The molecule has 0 saturated carbocycles. The Balaban J connectivity index is 2.56. The molecule has 0 atom stereocenters.